The topological polar surface area (TPSA) is 122 Å². The van der Waals surface area contributed by atoms with Crippen molar-refractivity contribution in [1.29, 1.82) is 5.41 Å². The fourth-order valence-electron chi connectivity index (χ4n) is 6.72. The number of fused-ring (bicyclic) bond motifs is 5. The van der Waals surface area contributed by atoms with E-state index >= 15 is 0 Å². The Hall–Kier alpha value is -4.17. The van der Waals surface area contributed by atoms with Gasteiger partial charge in [0.25, 0.3) is 5.91 Å². The van der Waals surface area contributed by atoms with Crippen molar-refractivity contribution in [2.45, 2.75) is 71.4 Å². The Morgan fingerprint density at radius 1 is 1.14 bits per heavy atom. The van der Waals surface area contributed by atoms with Gasteiger partial charge in [0.05, 0.1) is 36.7 Å². The van der Waals surface area contributed by atoms with Gasteiger partial charge in [0, 0.05) is 41.3 Å². The van der Waals surface area contributed by atoms with Gasteiger partial charge in [-0.2, -0.15) is 0 Å². The zero-order valence-electron chi connectivity index (χ0n) is 25.8. The van der Waals surface area contributed by atoms with Crippen molar-refractivity contribution in [3.8, 4) is 17.0 Å². The number of ether oxygens (including phenoxy) is 1. The summed E-state index contributed by atoms with van der Waals surface area (Å²) in [4.78, 5) is 27.5. The second-order valence-electron chi connectivity index (χ2n) is 12.1. The lowest BCUT2D eigenvalue weighted by Crippen LogP contribution is -2.37. The van der Waals surface area contributed by atoms with Crippen LogP contribution in [0.25, 0.3) is 28.2 Å². The molecule has 8 nitrogen and oxygen atoms in total. The summed E-state index contributed by atoms with van der Waals surface area (Å²) in [6.07, 6.45) is 7.04. The molecule has 1 unspecified atom stereocenters. The SMILES string of the molecule is COc1ccc2c(c1)C=C(C(=N)/C(C(=O)N(C)CC(C)O)=C(/C)N)Cn1c-2c(C2CCCCC2)c2ccc(C(C)=O)cc21. The van der Waals surface area contributed by atoms with E-state index in [0.717, 1.165) is 40.6 Å². The summed E-state index contributed by atoms with van der Waals surface area (Å²) in [6.45, 7) is 5.26. The predicted octanol–water partition coefficient (Wildman–Crippen LogP) is 6.06. The van der Waals surface area contributed by atoms with Crippen molar-refractivity contribution in [3.63, 3.8) is 0 Å². The fourth-order valence-corrected chi connectivity index (χ4v) is 6.72. The molecular weight excluding hydrogens is 540 g/mol. The number of benzene rings is 2. The summed E-state index contributed by atoms with van der Waals surface area (Å²) in [6, 6.07) is 12.0. The van der Waals surface area contributed by atoms with E-state index in [1.165, 1.54) is 29.7 Å². The van der Waals surface area contributed by atoms with Crippen LogP contribution in [0.1, 0.15) is 80.3 Å². The molecule has 1 atom stereocenters. The highest BCUT2D eigenvalue weighted by Gasteiger charge is 2.32. The van der Waals surface area contributed by atoms with Crippen molar-refractivity contribution < 1.29 is 19.4 Å². The minimum atomic E-state index is -0.721. The summed E-state index contributed by atoms with van der Waals surface area (Å²) in [5.41, 5.74) is 13.1. The maximum Gasteiger partial charge on any atom is 0.257 e. The van der Waals surface area contributed by atoms with Crippen molar-refractivity contribution in [2.75, 3.05) is 20.7 Å². The van der Waals surface area contributed by atoms with Crippen LogP contribution in [0.3, 0.4) is 0 Å². The monoisotopic (exact) mass is 582 g/mol. The van der Waals surface area contributed by atoms with Gasteiger partial charge in [0.15, 0.2) is 5.78 Å². The van der Waals surface area contributed by atoms with Gasteiger partial charge < -0.3 is 25.0 Å². The number of ketones is 1. The normalized spacial score (nSPS) is 16.4. The number of nitrogens with one attached hydrogen (secondary N) is 1. The van der Waals surface area contributed by atoms with Crippen LogP contribution < -0.4 is 10.5 Å². The highest BCUT2D eigenvalue weighted by Crippen LogP contribution is 2.47. The fraction of sp³-hybridized carbons (Fsp3) is 0.400. The second kappa shape index (κ2) is 12.2. The Balaban J connectivity index is 1.76. The number of Topliss-reactive ketones (excluding diaryl/α,β-unsaturated/α-hetero) is 1. The third-order valence-corrected chi connectivity index (χ3v) is 8.76. The Kier molecular flexibility index (Phi) is 8.60. The number of methoxy groups -OCH3 is 1. The highest BCUT2D eigenvalue weighted by molar-refractivity contribution is 6.28. The number of likely N-dealkylation sites (N-methyl/N-ethyl adjacent to an activating group) is 1. The van der Waals surface area contributed by atoms with E-state index in [0.29, 0.717) is 29.3 Å². The Morgan fingerprint density at radius 3 is 2.49 bits per heavy atom. The molecule has 0 saturated heterocycles. The molecule has 43 heavy (non-hydrogen) atoms. The number of hydrogen-bond donors (Lipinski definition) is 3. The largest absolute Gasteiger partial charge is 0.497 e. The minimum Gasteiger partial charge on any atom is -0.497 e. The van der Waals surface area contributed by atoms with Crippen molar-refractivity contribution in [3.05, 3.63) is 69.9 Å². The first-order valence-electron chi connectivity index (χ1n) is 15.1. The number of nitrogens with two attached hydrogens (primary N) is 1. The highest BCUT2D eigenvalue weighted by atomic mass is 16.5. The quantitative estimate of drug-likeness (QED) is 0.169. The second-order valence-corrected chi connectivity index (χ2v) is 12.1. The van der Waals surface area contributed by atoms with Gasteiger partial charge in [-0.25, -0.2) is 0 Å². The van der Waals surface area contributed by atoms with Crippen LogP contribution >= 0.6 is 0 Å². The molecule has 2 heterocycles. The van der Waals surface area contributed by atoms with Gasteiger partial charge in [-0.3, -0.25) is 15.0 Å². The molecule has 1 fully saturated rings. The smallest absolute Gasteiger partial charge is 0.257 e. The molecule has 0 bridgehead atoms. The molecule has 2 aliphatic rings. The lowest BCUT2D eigenvalue weighted by atomic mass is 9.81. The maximum atomic E-state index is 13.6. The molecule has 1 aromatic heterocycles. The van der Waals surface area contributed by atoms with Crippen LogP contribution in [-0.2, 0) is 11.3 Å². The molecule has 0 spiro atoms. The van der Waals surface area contributed by atoms with E-state index in [2.05, 4.69) is 16.7 Å². The molecule has 1 saturated carbocycles. The Morgan fingerprint density at radius 2 is 1.86 bits per heavy atom. The van der Waals surface area contributed by atoms with E-state index in [1.54, 1.807) is 34.9 Å². The third kappa shape index (κ3) is 5.76. The molecule has 0 radical (unpaired) electrons. The van der Waals surface area contributed by atoms with Gasteiger partial charge in [-0.05, 0) is 86.6 Å². The van der Waals surface area contributed by atoms with Crippen LogP contribution in [0.4, 0.5) is 0 Å². The molecule has 2 aromatic carbocycles. The number of aliphatic hydroxyl groups is 1. The lowest BCUT2D eigenvalue weighted by Gasteiger charge is -2.24. The summed E-state index contributed by atoms with van der Waals surface area (Å²) < 4.78 is 7.82. The average molecular weight is 583 g/mol. The van der Waals surface area contributed by atoms with Crippen molar-refractivity contribution >= 4 is 34.4 Å². The number of allylic oxidation sites excluding steroid dienone is 2. The number of amides is 1. The zero-order chi connectivity index (χ0) is 31.0. The van der Waals surface area contributed by atoms with E-state index in [1.807, 2.05) is 30.3 Å². The minimum absolute atomic E-state index is 0.00495. The molecule has 8 heteroatoms. The van der Waals surface area contributed by atoms with E-state index in [-0.39, 0.29) is 29.3 Å². The first-order valence-corrected chi connectivity index (χ1v) is 15.1. The van der Waals surface area contributed by atoms with Gasteiger partial charge in [-0.15, -0.1) is 0 Å². The van der Waals surface area contributed by atoms with Crippen LogP contribution in [0.5, 0.6) is 5.75 Å². The maximum absolute atomic E-state index is 13.6. The number of carbonyl (C=O) groups excluding carboxylic acids is 2. The van der Waals surface area contributed by atoms with E-state index in [9.17, 15) is 20.1 Å². The standard InChI is InChI=1S/C35H42N4O4/c1-20(40)18-38(4)35(42)31(21(2)36)33(37)26-15-25-16-27(43-5)12-14-28(25)34-32(23-9-7-6-8-10-23)29-13-11-24(22(3)41)17-30(29)39(34)19-26/h11-17,20,23,37,40H,6-10,18-19,36H2,1-5H3/b31-21+,37-33?. The predicted molar refractivity (Wildman–Crippen MR) is 172 cm³/mol. The van der Waals surface area contributed by atoms with Crippen LogP contribution in [0.2, 0.25) is 0 Å². The third-order valence-electron chi connectivity index (χ3n) is 8.76. The number of rotatable bonds is 8. The zero-order valence-corrected chi connectivity index (χ0v) is 25.8. The molecular formula is C35H42N4O4. The van der Waals surface area contributed by atoms with Gasteiger partial charge >= 0.3 is 0 Å². The lowest BCUT2D eigenvalue weighted by molar-refractivity contribution is -0.126. The first kappa shape index (κ1) is 30.3. The molecule has 3 aromatic rings. The van der Waals surface area contributed by atoms with E-state index < -0.39 is 12.0 Å². The van der Waals surface area contributed by atoms with Gasteiger partial charge in [-0.1, -0.05) is 31.4 Å². The number of nitrogens with zero attached hydrogens (tertiary/aromatic N) is 2. The Bertz CT molecular complexity index is 1670. The Labute approximate surface area is 253 Å². The molecule has 1 aliphatic carbocycles. The van der Waals surface area contributed by atoms with Crippen molar-refractivity contribution in [1.82, 2.24) is 9.47 Å². The van der Waals surface area contributed by atoms with Crippen LogP contribution in [-0.4, -0.2) is 58.8 Å². The average Bonchev–Trinajstić information content (AvgIpc) is 3.19. The molecule has 1 aliphatic heterocycles. The van der Waals surface area contributed by atoms with Crippen LogP contribution in [0, 0.1) is 5.41 Å². The summed E-state index contributed by atoms with van der Waals surface area (Å²) >= 11 is 0. The van der Waals surface area contributed by atoms with Gasteiger partial charge in [0.2, 0.25) is 0 Å². The molecule has 4 N–H and O–H groups in total. The summed E-state index contributed by atoms with van der Waals surface area (Å²) in [7, 11) is 3.23. The number of aromatic nitrogens is 1. The first-order chi connectivity index (χ1) is 20.5. The summed E-state index contributed by atoms with van der Waals surface area (Å²) in [5.74, 6) is 0.655. The van der Waals surface area contributed by atoms with Crippen molar-refractivity contribution in [2.24, 2.45) is 5.73 Å². The number of aliphatic hydroxyl groups excluding tert-OH is 1. The number of hydrogen-bond acceptors (Lipinski definition) is 6. The van der Waals surface area contributed by atoms with Crippen LogP contribution in [0.15, 0.2) is 53.2 Å². The molecule has 5 rings (SSSR count). The molecule has 226 valence electrons. The molecule has 1 amide bonds. The summed E-state index contributed by atoms with van der Waals surface area (Å²) in [5, 5.41) is 20.4. The number of carbonyl (C=O) groups is 2. The van der Waals surface area contributed by atoms with E-state index in [4.69, 9.17) is 10.5 Å². The van der Waals surface area contributed by atoms with Gasteiger partial charge in [0.1, 0.15) is 5.75 Å².